The van der Waals surface area contributed by atoms with Gasteiger partial charge in [0.05, 0.1) is 20.3 Å². The summed E-state index contributed by atoms with van der Waals surface area (Å²) in [4.78, 5) is 0.0109. The molecule has 1 aromatic carbocycles. The third kappa shape index (κ3) is 4.09. The Balaban J connectivity index is 2.97. The lowest BCUT2D eigenvalue weighted by molar-refractivity contribution is 0.129. The summed E-state index contributed by atoms with van der Waals surface area (Å²) in [6, 6.07) is 4.44. The summed E-state index contributed by atoms with van der Waals surface area (Å²) in [5.74, 6) is 0.661. The molecule has 0 fully saturated rings. The van der Waals surface area contributed by atoms with Gasteiger partial charge in [0.15, 0.2) is 0 Å². The molecule has 0 aliphatic carbocycles. The lowest BCUT2D eigenvalue weighted by atomic mass is 10.1. The third-order valence-corrected chi connectivity index (χ3v) is 4.38. The molecule has 0 spiro atoms. The maximum Gasteiger partial charge on any atom is 0.244 e. The van der Waals surface area contributed by atoms with Crippen LogP contribution in [0.3, 0.4) is 0 Å². The van der Waals surface area contributed by atoms with Crippen LogP contribution in [-0.2, 0) is 10.0 Å². The van der Waals surface area contributed by atoms with Gasteiger partial charge in [-0.2, -0.15) is 0 Å². The van der Waals surface area contributed by atoms with Crippen LogP contribution >= 0.6 is 0 Å². The van der Waals surface area contributed by atoms with Gasteiger partial charge in [-0.1, -0.05) is 13.8 Å². The number of aliphatic hydroxyl groups excluding tert-OH is 1. The van der Waals surface area contributed by atoms with Gasteiger partial charge in [-0.15, -0.1) is 0 Å². The predicted molar refractivity (Wildman–Crippen MR) is 75.6 cm³/mol. The van der Waals surface area contributed by atoms with Gasteiger partial charge in [0, 0.05) is 12.6 Å². The van der Waals surface area contributed by atoms with Gasteiger partial charge in [-0.05, 0) is 18.1 Å². The van der Waals surface area contributed by atoms with E-state index in [4.69, 9.17) is 9.47 Å². The second-order valence-electron chi connectivity index (χ2n) is 4.68. The predicted octanol–water partition coefficient (Wildman–Crippen LogP) is 0.999. The summed E-state index contributed by atoms with van der Waals surface area (Å²) >= 11 is 0. The number of hydrogen-bond acceptors (Lipinski definition) is 5. The molecule has 0 saturated heterocycles. The molecule has 0 aliphatic rings. The molecule has 0 amide bonds. The highest BCUT2D eigenvalue weighted by molar-refractivity contribution is 7.89. The van der Waals surface area contributed by atoms with Crippen molar-refractivity contribution < 1.29 is 23.0 Å². The summed E-state index contributed by atoms with van der Waals surface area (Å²) in [6.07, 6.45) is -0.742. The van der Waals surface area contributed by atoms with E-state index in [2.05, 4.69) is 4.72 Å². The topological polar surface area (TPSA) is 84.9 Å². The number of rotatable bonds is 7. The summed E-state index contributed by atoms with van der Waals surface area (Å²) in [5, 5.41) is 9.67. The monoisotopic (exact) mass is 303 g/mol. The fourth-order valence-corrected chi connectivity index (χ4v) is 2.71. The van der Waals surface area contributed by atoms with Crippen LogP contribution in [0.5, 0.6) is 11.5 Å². The molecule has 0 radical (unpaired) electrons. The number of benzene rings is 1. The van der Waals surface area contributed by atoms with E-state index in [1.165, 1.54) is 32.4 Å². The summed E-state index contributed by atoms with van der Waals surface area (Å²) in [5.41, 5.74) is 0. The maximum atomic E-state index is 12.2. The molecule has 0 aromatic heterocycles. The first-order valence-electron chi connectivity index (χ1n) is 6.21. The highest BCUT2D eigenvalue weighted by Crippen LogP contribution is 2.28. The van der Waals surface area contributed by atoms with Gasteiger partial charge in [0.1, 0.15) is 16.4 Å². The van der Waals surface area contributed by atoms with Crippen LogP contribution in [0.15, 0.2) is 23.1 Å². The van der Waals surface area contributed by atoms with Crippen molar-refractivity contribution in [1.29, 1.82) is 0 Å². The number of ether oxygens (including phenoxy) is 2. The van der Waals surface area contributed by atoms with E-state index >= 15 is 0 Å². The summed E-state index contributed by atoms with van der Waals surface area (Å²) < 4.78 is 36.8. The molecular weight excluding hydrogens is 282 g/mol. The van der Waals surface area contributed by atoms with E-state index in [1.807, 2.05) is 13.8 Å². The molecule has 0 bridgehead atoms. The average Bonchev–Trinajstić information content (AvgIpc) is 2.43. The summed E-state index contributed by atoms with van der Waals surface area (Å²) in [6.45, 7) is 3.58. The highest BCUT2D eigenvalue weighted by Gasteiger charge is 2.21. The molecule has 2 N–H and O–H groups in total. The molecule has 114 valence electrons. The van der Waals surface area contributed by atoms with E-state index < -0.39 is 16.1 Å². The van der Waals surface area contributed by atoms with Gasteiger partial charge in [0.2, 0.25) is 10.0 Å². The van der Waals surface area contributed by atoms with E-state index in [-0.39, 0.29) is 23.1 Å². The molecular formula is C13H21NO5S. The Morgan fingerprint density at radius 1 is 1.25 bits per heavy atom. The lowest BCUT2D eigenvalue weighted by Gasteiger charge is -2.16. The molecule has 20 heavy (non-hydrogen) atoms. The Morgan fingerprint density at radius 3 is 2.40 bits per heavy atom. The Bertz CT molecular complexity index is 542. The summed E-state index contributed by atoms with van der Waals surface area (Å²) in [7, 11) is -0.875. The van der Waals surface area contributed by atoms with Crippen molar-refractivity contribution in [2.75, 3.05) is 20.8 Å². The number of sulfonamides is 1. The van der Waals surface area contributed by atoms with Crippen molar-refractivity contribution in [2.45, 2.75) is 24.8 Å². The first-order chi connectivity index (χ1) is 9.31. The molecule has 1 aromatic rings. The third-order valence-electron chi connectivity index (χ3n) is 2.91. The molecule has 1 atom stereocenters. The molecule has 1 unspecified atom stereocenters. The van der Waals surface area contributed by atoms with E-state index in [9.17, 15) is 13.5 Å². The molecule has 0 heterocycles. The Morgan fingerprint density at radius 2 is 1.90 bits per heavy atom. The van der Waals surface area contributed by atoms with Gasteiger partial charge in [-0.3, -0.25) is 0 Å². The van der Waals surface area contributed by atoms with Crippen LogP contribution < -0.4 is 14.2 Å². The van der Waals surface area contributed by atoms with Crippen molar-refractivity contribution in [3.63, 3.8) is 0 Å². The number of aliphatic hydroxyl groups is 1. The zero-order valence-electron chi connectivity index (χ0n) is 12.1. The highest BCUT2D eigenvalue weighted by atomic mass is 32.2. The SMILES string of the molecule is COc1ccc(S(=O)(=O)NCC(O)C(C)C)c(OC)c1. The fourth-order valence-electron chi connectivity index (χ4n) is 1.51. The van der Waals surface area contributed by atoms with Gasteiger partial charge < -0.3 is 14.6 Å². The van der Waals surface area contributed by atoms with E-state index in [0.29, 0.717) is 5.75 Å². The number of methoxy groups -OCH3 is 2. The van der Waals surface area contributed by atoms with Crippen LogP contribution in [0.2, 0.25) is 0 Å². The second kappa shape index (κ2) is 6.92. The van der Waals surface area contributed by atoms with Crippen LogP contribution in [0.25, 0.3) is 0 Å². The maximum absolute atomic E-state index is 12.2. The smallest absolute Gasteiger partial charge is 0.244 e. The largest absolute Gasteiger partial charge is 0.497 e. The number of nitrogens with one attached hydrogen (secondary N) is 1. The average molecular weight is 303 g/mol. The normalized spacial score (nSPS) is 13.3. The minimum absolute atomic E-state index is 0.0109. The van der Waals surface area contributed by atoms with E-state index in [1.54, 1.807) is 0 Å². The molecule has 0 aliphatic heterocycles. The van der Waals surface area contributed by atoms with Gasteiger partial charge >= 0.3 is 0 Å². The Labute approximate surface area is 119 Å². The first kappa shape index (κ1) is 16.7. The van der Waals surface area contributed by atoms with Crippen molar-refractivity contribution in [2.24, 2.45) is 5.92 Å². The number of hydrogen-bond donors (Lipinski definition) is 2. The van der Waals surface area contributed by atoms with Crippen LogP contribution in [-0.4, -0.2) is 40.4 Å². The minimum atomic E-state index is -3.75. The second-order valence-corrected chi connectivity index (χ2v) is 6.42. The van der Waals surface area contributed by atoms with Crippen molar-refractivity contribution in [3.8, 4) is 11.5 Å². The molecule has 0 saturated carbocycles. The van der Waals surface area contributed by atoms with E-state index in [0.717, 1.165) is 0 Å². The van der Waals surface area contributed by atoms with Crippen molar-refractivity contribution >= 4 is 10.0 Å². The molecule has 6 nitrogen and oxygen atoms in total. The standard InChI is InChI=1S/C13H21NO5S/c1-9(2)11(15)8-14-20(16,17)13-6-5-10(18-3)7-12(13)19-4/h5-7,9,11,14-15H,8H2,1-4H3. The van der Waals surface area contributed by atoms with Crippen molar-refractivity contribution in [3.05, 3.63) is 18.2 Å². The Hall–Kier alpha value is -1.31. The zero-order chi connectivity index (χ0) is 15.3. The Kier molecular flexibility index (Phi) is 5.79. The van der Waals surface area contributed by atoms with Crippen molar-refractivity contribution in [1.82, 2.24) is 4.72 Å². The molecule has 7 heteroatoms. The minimum Gasteiger partial charge on any atom is -0.497 e. The molecule has 1 rings (SSSR count). The zero-order valence-corrected chi connectivity index (χ0v) is 12.9. The van der Waals surface area contributed by atoms with Crippen LogP contribution in [0.4, 0.5) is 0 Å². The van der Waals surface area contributed by atoms with Gasteiger partial charge in [0.25, 0.3) is 0 Å². The first-order valence-corrected chi connectivity index (χ1v) is 7.70. The fraction of sp³-hybridized carbons (Fsp3) is 0.538. The van der Waals surface area contributed by atoms with Crippen LogP contribution in [0.1, 0.15) is 13.8 Å². The van der Waals surface area contributed by atoms with Crippen LogP contribution in [0, 0.1) is 5.92 Å². The lowest BCUT2D eigenvalue weighted by Crippen LogP contribution is -2.34. The van der Waals surface area contributed by atoms with Gasteiger partial charge in [-0.25, -0.2) is 13.1 Å². The quantitative estimate of drug-likeness (QED) is 0.785.